The summed E-state index contributed by atoms with van der Waals surface area (Å²) in [6.07, 6.45) is 5.76. The predicted molar refractivity (Wildman–Crippen MR) is 107 cm³/mol. The number of piperidine rings is 1. The maximum Gasteiger partial charge on any atom is 0.269 e. The number of thioether (sulfide) groups is 1. The second kappa shape index (κ2) is 7.28. The first kappa shape index (κ1) is 17.4. The van der Waals surface area contributed by atoms with Gasteiger partial charge in [-0.3, -0.25) is 9.48 Å². The van der Waals surface area contributed by atoms with E-state index >= 15 is 0 Å². The third-order valence-corrected chi connectivity index (χ3v) is 6.52. The first-order valence-electron chi connectivity index (χ1n) is 8.63. The molecule has 8 heteroatoms. The fourth-order valence-electron chi connectivity index (χ4n) is 3.34. The van der Waals surface area contributed by atoms with Gasteiger partial charge in [-0.2, -0.15) is 5.10 Å². The molecule has 1 amide bonds. The normalized spacial score (nSPS) is 17.6. The van der Waals surface area contributed by atoms with E-state index in [1.165, 1.54) is 9.60 Å². The summed E-state index contributed by atoms with van der Waals surface area (Å²) in [4.78, 5) is 20.8. The van der Waals surface area contributed by atoms with Gasteiger partial charge in [-0.05, 0) is 37.3 Å². The molecule has 1 saturated heterocycles. The molecule has 2 aromatic heterocycles. The molecule has 136 valence electrons. The molecule has 26 heavy (non-hydrogen) atoms. The van der Waals surface area contributed by atoms with E-state index in [0.29, 0.717) is 5.69 Å². The van der Waals surface area contributed by atoms with Crippen molar-refractivity contribution in [1.82, 2.24) is 20.1 Å². The van der Waals surface area contributed by atoms with Crippen LogP contribution in [0.25, 0.3) is 10.2 Å². The molecular formula is C18H21N5OS2. The Morgan fingerprint density at radius 2 is 2.27 bits per heavy atom. The molecule has 3 aromatic rings. The van der Waals surface area contributed by atoms with Crippen LogP contribution in [0.1, 0.15) is 23.3 Å². The van der Waals surface area contributed by atoms with Crippen LogP contribution in [0.2, 0.25) is 0 Å². The number of fused-ring (bicyclic) bond motifs is 1. The number of rotatable bonds is 4. The molecule has 1 aromatic carbocycles. The molecule has 0 spiro atoms. The monoisotopic (exact) mass is 387 g/mol. The molecule has 3 heterocycles. The average molecular weight is 388 g/mol. The Kier molecular flexibility index (Phi) is 4.86. The van der Waals surface area contributed by atoms with Gasteiger partial charge in [0, 0.05) is 37.3 Å². The standard InChI is InChI=1S/C18H21N5OS2/c1-22-13(8-9-19-22)17(24)20-12-5-4-10-23(11-12)18-21-16-14(25-2)6-3-7-15(16)26-18/h3,6-9,12H,4-5,10-11H2,1-2H3,(H,20,24). The van der Waals surface area contributed by atoms with Crippen LogP contribution >= 0.6 is 23.1 Å². The predicted octanol–water partition coefficient (Wildman–Crippen LogP) is 3.15. The van der Waals surface area contributed by atoms with Crippen molar-refractivity contribution in [3.8, 4) is 0 Å². The van der Waals surface area contributed by atoms with E-state index < -0.39 is 0 Å². The van der Waals surface area contributed by atoms with Gasteiger partial charge in [-0.15, -0.1) is 11.8 Å². The lowest BCUT2D eigenvalue weighted by Gasteiger charge is -2.32. The summed E-state index contributed by atoms with van der Waals surface area (Å²) in [6.45, 7) is 1.77. The van der Waals surface area contributed by atoms with E-state index in [0.717, 1.165) is 36.6 Å². The zero-order valence-electron chi connectivity index (χ0n) is 14.8. The summed E-state index contributed by atoms with van der Waals surface area (Å²) in [5.74, 6) is -0.0641. The number of aryl methyl sites for hydroxylation is 1. The first-order chi connectivity index (χ1) is 12.7. The highest BCUT2D eigenvalue weighted by Gasteiger charge is 2.25. The summed E-state index contributed by atoms with van der Waals surface area (Å²) in [7, 11) is 1.78. The summed E-state index contributed by atoms with van der Waals surface area (Å²) >= 11 is 3.46. The van der Waals surface area contributed by atoms with Crippen molar-refractivity contribution in [3.63, 3.8) is 0 Å². The van der Waals surface area contributed by atoms with Gasteiger partial charge in [-0.1, -0.05) is 17.4 Å². The van der Waals surface area contributed by atoms with Crippen LogP contribution in [0.3, 0.4) is 0 Å². The highest BCUT2D eigenvalue weighted by atomic mass is 32.2. The number of thiazole rings is 1. The Morgan fingerprint density at radius 1 is 1.38 bits per heavy atom. The molecule has 4 rings (SSSR count). The fraction of sp³-hybridized carbons (Fsp3) is 0.389. The van der Waals surface area contributed by atoms with Crippen LogP contribution in [0.15, 0.2) is 35.4 Å². The summed E-state index contributed by atoms with van der Waals surface area (Å²) < 4.78 is 2.82. The number of carbonyl (C=O) groups excluding carboxylic acids is 1. The van der Waals surface area contributed by atoms with Gasteiger partial charge in [0.05, 0.1) is 10.2 Å². The SMILES string of the molecule is CSc1cccc2sc(N3CCCC(NC(=O)c4ccnn4C)C3)nc12. The first-order valence-corrected chi connectivity index (χ1v) is 10.7. The van der Waals surface area contributed by atoms with Gasteiger partial charge in [0.25, 0.3) is 5.91 Å². The quantitative estimate of drug-likeness (QED) is 0.697. The van der Waals surface area contributed by atoms with Gasteiger partial charge in [0.15, 0.2) is 5.13 Å². The maximum absolute atomic E-state index is 12.5. The lowest BCUT2D eigenvalue weighted by molar-refractivity contribution is 0.0923. The van der Waals surface area contributed by atoms with Crippen LogP contribution in [0, 0.1) is 0 Å². The Labute approximate surface area is 160 Å². The number of benzene rings is 1. The lowest BCUT2D eigenvalue weighted by Crippen LogP contribution is -2.48. The van der Waals surface area contributed by atoms with Crippen molar-refractivity contribution in [2.24, 2.45) is 7.05 Å². The Hall–Kier alpha value is -2.06. The van der Waals surface area contributed by atoms with Crippen molar-refractivity contribution in [1.29, 1.82) is 0 Å². The highest BCUT2D eigenvalue weighted by molar-refractivity contribution is 7.98. The Bertz CT molecular complexity index is 935. The van der Waals surface area contributed by atoms with Crippen molar-refractivity contribution >= 4 is 44.4 Å². The number of para-hydroxylation sites is 1. The van der Waals surface area contributed by atoms with Crippen LogP contribution in [0.5, 0.6) is 0 Å². The van der Waals surface area contributed by atoms with Gasteiger partial charge in [-0.25, -0.2) is 4.98 Å². The van der Waals surface area contributed by atoms with Crippen LogP contribution in [-0.2, 0) is 7.05 Å². The molecule has 1 aliphatic rings. The molecule has 6 nitrogen and oxygen atoms in total. The zero-order valence-corrected chi connectivity index (χ0v) is 16.4. The van der Waals surface area contributed by atoms with Crippen molar-refractivity contribution < 1.29 is 4.79 Å². The van der Waals surface area contributed by atoms with Gasteiger partial charge >= 0.3 is 0 Å². The molecular weight excluding hydrogens is 366 g/mol. The summed E-state index contributed by atoms with van der Waals surface area (Å²) in [5, 5.41) is 8.26. The number of amides is 1. The van der Waals surface area contributed by atoms with E-state index in [2.05, 4.69) is 39.8 Å². The maximum atomic E-state index is 12.5. The van der Waals surface area contributed by atoms with E-state index in [-0.39, 0.29) is 11.9 Å². The van der Waals surface area contributed by atoms with E-state index in [1.54, 1.807) is 47.1 Å². The van der Waals surface area contributed by atoms with Gasteiger partial charge < -0.3 is 10.2 Å². The number of carbonyl (C=O) groups is 1. The number of nitrogens with one attached hydrogen (secondary N) is 1. The largest absolute Gasteiger partial charge is 0.346 e. The fourth-order valence-corrected chi connectivity index (χ4v) is 4.99. The van der Waals surface area contributed by atoms with Crippen LogP contribution in [0.4, 0.5) is 5.13 Å². The molecule has 1 aliphatic heterocycles. The molecule has 1 fully saturated rings. The smallest absolute Gasteiger partial charge is 0.269 e. The van der Waals surface area contributed by atoms with Crippen LogP contribution < -0.4 is 10.2 Å². The van der Waals surface area contributed by atoms with Crippen LogP contribution in [-0.4, -0.2) is 46.1 Å². The second-order valence-corrected chi connectivity index (χ2v) is 8.26. The molecule has 0 aliphatic carbocycles. The minimum atomic E-state index is -0.0641. The summed E-state index contributed by atoms with van der Waals surface area (Å²) in [5.41, 5.74) is 1.67. The molecule has 0 radical (unpaired) electrons. The molecule has 0 bridgehead atoms. The number of anilines is 1. The third-order valence-electron chi connectivity index (χ3n) is 4.67. The third kappa shape index (κ3) is 3.31. The molecule has 1 unspecified atom stereocenters. The Balaban J connectivity index is 1.50. The van der Waals surface area contributed by atoms with E-state index in [4.69, 9.17) is 4.98 Å². The van der Waals surface area contributed by atoms with Gasteiger partial charge in [0.2, 0.25) is 0 Å². The molecule has 1 N–H and O–H groups in total. The van der Waals surface area contributed by atoms with Crippen molar-refractivity contribution in [3.05, 3.63) is 36.2 Å². The molecule has 0 saturated carbocycles. The number of nitrogens with zero attached hydrogens (tertiary/aromatic N) is 4. The number of hydrogen-bond donors (Lipinski definition) is 1. The van der Waals surface area contributed by atoms with Crippen molar-refractivity contribution in [2.75, 3.05) is 24.2 Å². The van der Waals surface area contributed by atoms with E-state index in [9.17, 15) is 4.79 Å². The minimum absolute atomic E-state index is 0.0641. The lowest BCUT2D eigenvalue weighted by atomic mass is 10.1. The average Bonchev–Trinajstić information content (AvgIpc) is 3.27. The van der Waals surface area contributed by atoms with E-state index in [1.807, 2.05) is 0 Å². The Morgan fingerprint density at radius 3 is 3.04 bits per heavy atom. The topological polar surface area (TPSA) is 63.1 Å². The minimum Gasteiger partial charge on any atom is -0.346 e. The number of hydrogen-bond acceptors (Lipinski definition) is 6. The highest BCUT2D eigenvalue weighted by Crippen LogP contribution is 2.34. The molecule has 1 atom stereocenters. The van der Waals surface area contributed by atoms with Crippen molar-refractivity contribution in [2.45, 2.75) is 23.8 Å². The zero-order chi connectivity index (χ0) is 18.1. The van der Waals surface area contributed by atoms with Gasteiger partial charge in [0.1, 0.15) is 5.69 Å². The second-order valence-electron chi connectivity index (χ2n) is 6.40. The summed E-state index contributed by atoms with van der Waals surface area (Å²) in [6, 6.07) is 8.19. The number of aromatic nitrogens is 3.